The van der Waals surface area contributed by atoms with E-state index in [4.69, 9.17) is 4.74 Å². The number of fused-ring (bicyclic) bond motifs is 2. The van der Waals surface area contributed by atoms with Gasteiger partial charge in [-0.25, -0.2) is 12.7 Å². The quantitative estimate of drug-likeness (QED) is 0.339. The minimum atomic E-state index is -3.73. The Labute approximate surface area is 221 Å². The summed E-state index contributed by atoms with van der Waals surface area (Å²) >= 11 is 0. The number of likely N-dealkylation sites (tertiary alicyclic amines) is 1. The summed E-state index contributed by atoms with van der Waals surface area (Å²) < 4.78 is 31.8. The number of carbonyl (C=O) groups excluding carboxylic acids is 3. The van der Waals surface area contributed by atoms with Crippen molar-refractivity contribution >= 4 is 39.1 Å². The number of sulfonamides is 1. The maximum Gasteiger partial charge on any atom is 0.296 e. The lowest BCUT2D eigenvalue weighted by Crippen LogP contribution is -2.53. The molecule has 0 saturated carbocycles. The fraction of sp³-hybridized carbons (Fsp3) is 0.370. The number of hydrogen-bond donors (Lipinski definition) is 1. The molecule has 3 aliphatic rings. The van der Waals surface area contributed by atoms with Crippen LogP contribution in [0.3, 0.4) is 0 Å². The van der Waals surface area contributed by atoms with Crippen LogP contribution >= 0.6 is 0 Å². The molecular formula is C27H29N3O7S. The van der Waals surface area contributed by atoms with Gasteiger partial charge in [-0.1, -0.05) is 18.2 Å². The number of ether oxygens (including phenoxy) is 1. The standard InChI is InChI=1S/C27H29N3O7S/c1-4-29-21-10-6-5-9-20(21)27(26(29)34)22(24(32)25(33)30(27)16-18-8-7-15-37-18)23(31)17-11-13-19(14-12-17)38(35,36)28(2)3/h5-6,9-14,18,31H,4,7-8,15-16H2,1-3H3/b23-22+. The number of hydrogen-bond acceptors (Lipinski definition) is 7. The molecule has 2 saturated heterocycles. The predicted octanol–water partition coefficient (Wildman–Crippen LogP) is 2.06. The first-order valence-corrected chi connectivity index (χ1v) is 13.9. The van der Waals surface area contributed by atoms with Crippen LogP contribution in [0.5, 0.6) is 0 Å². The smallest absolute Gasteiger partial charge is 0.296 e. The monoisotopic (exact) mass is 539 g/mol. The molecule has 2 aromatic rings. The lowest BCUT2D eigenvalue weighted by Gasteiger charge is -2.35. The number of ketones is 1. The highest BCUT2D eigenvalue weighted by Gasteiger charge is 2.67. The van der Waals surface area contributed by atoms with E-state index in [-0.39, 0.29) is 28.7 Å². The predicted molar refractivity (Wildman–Crippen MR) is 139 cm³/mol. The lowest BCUT2D eigenvalue weighted by molar-refractivity contribution is -0.145. The summed E-state index contributed by atoms with van der Waals surface area (Å²) in [6.07, 6.45) is 1.13. The van der Waals surface area contributed by atoms with Crippen molar-refractivity contribution in [3.05, 3.63) is 65.2 Å². The third kappa shape index (κ3) is 3.60. The highest BCUT2D eigenvalue weighted by molar-refractivity contribution is 7.89. The van der Waals surface area contributed by atoms with Crippen molar-refractivity contribution in [3.8, 4) is 0 Å². The molecule has 1 N–H and O–H groups in total. The van der Waals surface area contributed by atoms with Crippen LogP contribution in [0, 0.1) is 0 Å². The fourth-order valence-corrected chi connectivity index (χ4v) is 6.46. The first kappa shape index (κ1) is 26.1. The van der Waals surface area contributed by atoms with Crippen molar-refractivity contribution < 1.29 is 32.6 Å². The molecule has 200 valence electrons. The van der Waals surface area contributed by atoms with Gasteiger partial charge in [0.2, 0.25) is 10.0 Å². The molecule has 2 aromatic carbocycles. The number of amides is 2. The van der Waals surface area contributed by atoms with E-state index in [0.717, 1.165) is 10.7 Å². The van der Waals surface area contributed by atoms with Crippen LogP contribution in [0.2, 0.25) is 0 Å². The van der Waals surface area contributed by atoms with Crippen LogP contribution in [0.1, 0.15) is 30.9 Å². The second kappa shape index (κ2) is 9.33. The molecule has 2 fully saturated rings. The fourth-order valence-electron chi connectivity index (χ4n) is 5.56. The van der Waals surface area contributed by atoms with Crippen molar-refractivity contribution in [1.29, 1.82) is 0 Å². The summed E-state index contributed by atoms with van der Waals surface area (Å²) in [7, 11) is -0.923. The zero-order valence-electron chi connectivity index (χ0n) is 21.4. The molecule has 1 spiro atoms. The van der Waals surface area contributed by atoms with Crippen molar-refractivity contribution in [3.63, 3.8) is 0 Å². The van der Waals surface area contributed by atoms with Gasteiger partial charge in [0.1, 0.15) is 5.76 Å². The van der Waals surface area contributed by atoms with Gasteiger partial charge in [-0.2, -0.15) is 0 Å². The first-order valence-electron chi connectivity index (χ1n) is 12.4. The molecule has 2 unspecified atom stereocenters. The Hall–Kier alpha value is -3.54. The second-order valence-electron chi connectivity index (χ2n) is 9.69. The Balaban J connectivity index is 1.74. The van der Waals surface area contributed by atoms with E-state index >= 15 is 0 Å². The zero-order valence-corrected chi connectivity index (χ0v) is 22.2. The number of likely N-dealkylation sites (N-methyl/N-ethyl adjacent to an activating group) is 1. The molecule has 3 heterocycles. The number of aliphatic hydroxyl groups is 1. The van der Waals surface area contributed by atoms with Crippen molar-refractivity contribution in [1.82, 2.24) is 9.21 Å². The number of para-hydroxylation sites is 1. The van der Waals surface area contributed by atoms with Gasteiger partial charge in [-0.15, -0.1) is 0 Å². The van der Waals surface area contributed by atoms with Gasteiger partial charge in [0.15, 0.2) is 5.54 Å². The number of Topliss-reactive ketones (excluding diaryl/α,β-unsaturated/α-hetero) is 1. The maximum absolute atomic E-state index is 14.2. The number of aliphatic hydroxyl groups excluding tert-OH is 1. The summed E-state index contributed by atoms with van der Waals surface area (Å²) in [6, 6.07) is 12.3. The van der Waals surface area contributed by atoms with Crippen LogP contribution in [0.25, 0.3) is 5.76 Å². The lowest BCUT2D eigenvalue weighted by atomic mass is 9.81. The summed E-state index contributed by atoms with van der Waals surface area (Å²) in [5.74, 6) is -2.93. The van der Waals surface area contributed by atoms with E-state index in [1.165, 1.54) is 48.2 Å². The average Bonchev–Trinajstić information content (AvgIpc) is 3.57. The zero-order chi connectivity index (χ0) is 27.4. The highest BCUT2D eigenvalue weighted by Crippen LogP contribution is 2.53. The number of anilines is 1. The third-order valence-electron chi connectivity index (χ3n) is 7.44. The van der Waals surface area contributed by atoms with E-state index in [2.05, 4.69) is 0 Å². The first-order chi connectivity index (χ1) is 18.1. The molecule has 5 rings (SSSR count). The molecule has 0 aliphatic carbocycles. The molecular weight excluding hydrogens is 510 g/mol. The summed E-state index contributed by atoms with van der Waals surface area (Å²) in [5.41, 5.74) is -1.12. The van der Waals surface area contributed by atoms with Gasteiger partial charge in [0.05, 0.1) is 22.3 Å². The van der Waals surface area contributed by atoms with Crippen LogP contribution in [0.4, 0.5) is 5.69 Å². The molecule has 0 bridgehead atoms. The number of nitrogens with zero attached hydrogens (tertiary/aromatic N) is 3. The molecule has 38 heavy (non-hydrogen) atoms. The Morgan fingerprint density at radius 1 is 1.11 bits per heavy atom. The van der Waals surface area contributed by atoms with E-state index in [0.29, 0.717) is 30.8 Å². The van der Waals surface area contributed by atoms with Gasteiger partial charge in [0, 0.05) is 44.9 Å². The molecule has 0 aromatic heterocycles. The molecule has 2 amide bonds. The van der Waals surface area contributed by atoms with E-state index < -0.39 is 38.9 Å². The summed E-state index contributed by atoms with van der Waals surface area (Å²) in [4.78, 5) is 44.1. The molecule has 0 radical (unpaired) electrons. The van der Waals surface area contributed by atoms with Gasteiger partial charge < -0.3 is 19.6 Å². The Bertz CT molecular complexity index is 1460. The van der Waals surface area contributed by atoms with Crippen LogP contribution in [-0.4, -0.2) is 80.2 Å². The van der Waals surface area contributed by atoms with E-state index in [1.807, 2.05) is 0 Å². The van der Waals surface area contributed by atoms with Gasteiger partial charge >= 0.3 is 0 Å². The Morgan fingerprint density at radius 2 is 1.79 bits per heavy atom. The number of rotatable bonds is 6. The third-order valence-corrected chi connectivity index (χ3v) is 9.27. The molecule has 2 atom stereocenters. The van der Waals surface area contributed by atoms with E-state index in [1.54, 1.807) is 31.2 Å². The average molecular weight is 540 g/mol. The molecule has 3 aliphatic heterocycles. The van der Waals surface area contributed by atoms with Crippen molar-refractivity contribution in [2.45, 2.75) is 36.3 Å². The summed E-state index contributed by atoms with van der Waals surface area (Å²) in [5, 5.41) is 11.5. The second-order valence-corrected chi connectivity index (χ2v) is 11.8. The number of carbonyl (C=O) groups is 3. The number of benzene rings is 2. The van der Waals surface area contributed by atoms with Gasteiger partial charge in [-0.3, -0.25) is 14.4 Å². The van der Waals surface area contributed by atoms with Crippen molar-refractivity contribution in [2.24, 2.45) is 0 Å². The van der Waals surface area contributed by atoms with Crippen LogP contribution < -0.4 is 4.90 Å². The highest BCUT2D eigenvalue weighted by atomic mass is 32.2. The molecule has 11 heteroatoms. The van der Waals surface area contributed by atoms with Crippen LogP contribution in [0.15, 0.2) is 59.0 Å². The van der Waals surface area contributed by atoms with Crippen molar-refractivity contribution in [2.75, 3.05) is 38.7 Å². The summed E-state index contributed by atoms with van der Waals surface area (Å²) in [6.45, 7) is 2.62. The normalized spacial score (nSPS) is 24.7. The van der Waals surface area contributed by atoms with E-state index in [9.17, 15) is 27.9 Å². The minimum Gasteiger partial charge on any atom is -0.507 e. The maximum atomic E-state index is 14.2. The SMILES string of the molecule is CCN1C(=O)C2(/C(=C(/O)c3ccc(S(=O)(=O)N(C)C)cc3)C(=O)C(=O)N2CC2CCCO2)c2ccccc21. The topological polar surface area (TPSA) is 125 Å². The largest absolute Gasteiger partial charge is 0.507 e. The Morgan fingerprint density at radius 3 is 2.39 bits per heavy atom. The Kier molecular flexibility index (Phi) is 6.41. The molecule has 10 nitrogen and oxygen atoms in total. The van der Waals surface area contributed by atoms with Gasteiger partial charge in [0.25, 0.3) is 17.6 Å². The minimum absolute atomic E-state index is 0.00737. The van der Waals surface area contributed by atoms with Gasteiger partial charge in [-0.05, 0) is 50.1 Å². The van der Waals surface area contributed by atoms with Crippen LogP contribution in [-0.2, 0) is 34.7 Å².